The van der Waals surface area contributed by atoms with Crippen LogP contribution in [0.1, 0.15) is 24.9 Å². The largest absolute Gasteiger partial charge is 0.312 e. The van der Waals surface area contributed by atoms with Crippen molar-refractivity contribution >= 4 is 11.8 Å². The van der Waals surface area contributed by atoms with Crippen LogP contribution in [0.4, 0.5) is 4.39 Å². The summed E-state index contributed by atoms with van der Waals surface area (Å²) in [7, 11) is 1.96. The fraction of sp³-hybridized carbons (Fsp3) is 0.455. The molecular formula is C11H14FNS. The summed E-state index contributed by atoms with van der Waals surface area (Å²) in [6.45, 7) is 2.17. The Hall–Kier alpha value is -0.540. The number of halogens is 1. The summed E-state index contributed by atoms with van der Waals surface area (Å²) in [5.74, 6) is -0.136. The second-order valence-corrected chi connectivity index (χ2v) is 4.79. The quantitative estimate of drug-likeness (QED) is 0.807. The van der Waals surface area contributed by atoms with Crippen molar-refractivity contribution < 1.29 is 4.39 Å². The number of thioether (sulfide) groups is 1. The predicted octanol–water partition coefficient (Wildman–Crippen LogP) is 2.97. The van der Waals surface area contributed by atoms with Crippen LogP contribution in [0.2, 0.25) is 0 Å². The van der Waals surface area contributed by atoms with E-state index in [2.05, 4.69) is 12.2 Å². The first-order valence-electron chi connectivity index (χ1n) is 4.89. The van der Waals surface area contributed by atoms with Crippen LogP contribution < -0.4 is 5.32 Å². The first-order chi connectivity index (χ1) is 6.76. The summed E-state index contributed by atoms with van der Waals surface area (Å²) in [4.78, 5) is 1.09. The summed E-state index contributed by atoms with van der Waals surface area (Å²) >= 11 is 1.78. The molecule has 2 unspecified atom stereocenters. The summed E-state index contributed by atoms with van der Waals surface area (Å²) in [5.41, 5.74) is 1.24. The standard InChI is InChI=1S/C11H14FNS/c1-3-9-11(13-2)8-5-4-7(12)6-10(8)14-9/h4-6,9,11,13H,3H2,1-2H3. The Kier molecular flexibility index (Phi) is 2.79. The fourth-order valence-corrected chi connectivity index (χ4v) is 3.38. The average Bonchev–Trinajstić information content (AvgIpc) is 2.54. The predicted molar refractivity (Wildman–Crippen MR) is 58.1 cm³/mol. The molecule has 1 aromatic rings. The van der Waals surface area contributed by atoms with E-state index in [1.807, 2.05) is 13.1 Å². The molecule has 0 bridgehead atoms. The molecule has 0 amide bonds. The smallest absolute Gasteiger partial charge is 0.124 e. The number of nitrogens with one attached hydrogen (secondary N) is 1. The molecule has 0 saturated carbocycles. The van der Waals surface area contributed by atoms with E-state index in [1.165, 1.54) is 5.56 Å². The fourth-order valence-electron chi connectivity index (χ4n) is 1.96. The molecule has 3 heteroatoms. The normalized spacial score (nSPS) is 25.1. The lowest BCUT2D eigenvalue weighted by Crippen LogP contribution is -2.22. The highest BCUT2D eigenvalue weighted by atomic mass is 32.2. The number of rotatable bonds is 2. The molecule has 0 saturated heterocycles. The van der Waals surface area contributed by atoms with E-state index in [0.29, 0.717) is 11.3 Å². The van der Waals surface area contributed by atoms with Crippen LogP contribution in [0.3, 0.4) is 0 Å². The molecule has 1 aromatic carbocycles. The van der Waals surface area contributed by atoms with Gasteiger partial charge in [-0.25, -0.2) is 4.39 Å². The lowest BCUT2D eigenvalue weighted by atomic mass is 10.0. The molecule has 1 nitrogen and oxygen atoms in total. The molecule has 76 valence electrons. The van der Waals surface area contributed by atoms with Gasteiger partial charge in [-0.15, -0.1) is 11.8 Å². The van der Waals surface area contributed by atoms with Crippen molar-refractivity contribution in [1.82, 2.24) is 5.32 Å². The Labute approximate surface area is 88.1 Å². The van der Waals surface area contributed by atoms with Gasteiger partial charge in [0.05, 0.1) is 0 Å². The van der Waals surface area contributed by atoms with Gasteiger partial charge in [-0.2, -0.15) is 0 Å². The minimum absolute atomic E-state index is 0.136. The third-order valence-corrected chi connectivity index (χ3v) is 4.19. The van der Waals surface area contributed by atoms with Gasteiger partial charge >= 0.3 is 0 Å². The summed E-state index contributed by atoms with van der Waals surface area (Å²) in [5, 5.41) is 3.84. The highest BCUT2D eigenvalue weighted by Gasteiger charge is 2.30. The first-order valence-corrected chi connectivity index (χ1v) is 5.77. The van der Waals surface area contributed by atoms with Gasteiger partial charge in [0, 0.05) is 16.2 Å². The molecular weight excluding hydrogens is 197 g/mol. The van der Waals surface area contributed by atoms with Gasteiger partial charge in [0.25, 0.3) is 0 Å². The van der Waals surface area contributed by atoms with Gasteiger partial charge < -0.3 is 5.32 Å². The number of benzene rings is 1. The van der Waals surface area contributed by atoms with Crippen molar-refractivity contribution in [1.29, 1.82) is 0 Å². The van der Waals surface area contributed by atoms with Crippen molar-refractivity contribution in [3.8, 4) is 0 Å². The zero-order chi connectivity index (χ0) is 10.1. The Morgan fingerprint density at radius 1 is 1.50 bits per heavy atom. The first kappa shape index (κ1) is 9.99. The second-order valence-electron chi connectivity index (χ2n) is 3.51. The van der Waals surface area contributed by atoms with Gasteiger partial charge in [0.2, 0.25) is 0 Å². The van der Waals surface area contributed by atoms with E-state index in [4.69, 9.17) is 0 Å². The van der Waals surface area contributed by atoms with Crippen LogP contribution in [-0.2, 0) is 0 Å². The van der Waals surface area contributed by atoms with E-state index < -0.39 is 0 Å². The molecule has 0 fully saturated rings. The molecule has 0 aromatic heterocycles. The minimum atomic E-state index is -0.136. The van der Waals surface area contributed by atoms with E-state index in [0.717, 1.165) is 11.3 Å². The van der Waals surface area contributed by atoms with Crippen LogP contribution in [0.15, 0.2) is 23.1 Å². The van der Waals surface area contributed by atoms with E-state index >= 15 is 0 Å². The molecule has 0 radical (unpaired) electrons. The summed E-state index contributed by atoms with van der Waals surface area (Å²) in [6.07, 6.45) is 1.10. The maximum atomic E-state index is 13.0. The van der Waals surface area contributed by atoms with Crippen molar-refractivity contribution in [2.24, 2.45) is 0 Å². The Balaban J connectivity index is 2.37. The van der Waals surface area contributed by atoms with Crippen LogP contribution in [0.25, 0.3) is 0 Å². The number of hydrogen-bond donors (Lipinski definition) is 1. The van der Waals surface area contributed by atoms with Gasteiger partial charge in [0.15, 0.2) is 0 Å². The van der Waals surface area contributed by atoms with E-state index in [-0.39, 0.29) is 5.82 Å². The highest BCUT2D eigenvalue weighted by Crippen LogP contribution is 2.45. The summed E-state index contributed by atoms with van der Waals surface area (Å²) in [6, 6.07) is 5.46. The van der Waals surface area contributed by atoms with Crippen LogP contribution in [-0.4, -0.2) is 12.3 Å². The Bertz CT molecular complexity index is 340. The maximum Gasteiger partial charge on any atom is 0.124 e. The second kappa shape index (κ2) is 3.91. The number of fused-ring (bicyclic) bond motifs is 1. The molecule has 14 heavy (non-hydrogen) atoms. The molecule has 1 N–H and O–H groups in total. The average molecular weight is 211 g/mol. The minimum Gasteiger partial charge on any atom is -0.312 e. The molecule has 2 atom stereocenters. The SMILES string of the molecule is CCC1Sc2cc(F)ccc2C1NC. The van der Waals surface area contributed by atoms with E-state index in [1.54, 1.807) is 23.9 Å². The van der Waals surface area contributed by atoms with Crippen molar-refractivity contribution in [2.45, 2.75) is 29.5 Å². The van der Waals surface area contributed by atoms with Gasteiger partial charge in [-0.05, 0) is 31.2 Å². The number of hydrogen-bond acceptors (Lipinski definition) is 2. The Morgan fingerprint density at radius 3 is 2.93 bits per heavy atom. The molecule has 2 rings (SSSR count). The molecule has 0 aliphatic carbocycles. The lowest BCUT2D eigenvalue weighted by molar-refractivity contribution is 0.559. The van der Waals surface area contributed by atoms with Crippen molar-refractivity contribution in [3.63, 3.8) is 0 Å². The third-order valence-electron chi connectivity index (χ3n) is 2.67. The molecule has 1 heterocycles. The van der Waals surface area contributed by atoms with Gasteiger partial charge in [0.1, 0.15) is 5.82 Å². The highest BCUT2D eigenvalue weighted by molar-refractivity contribution is 8.00. The van der Waals surface area contributed by atoms with Crippen LogP contribution >= 0.6 is 11.8 Å². The van der Waals surface area contributed by atoms with E-state index in [9.17, 15) is 4.39 Å². The monoisotopic (exact) mass is 211 g/mol. The van der Waals surface area contributed by atoms with Gasteiger partial charge in [-0.3, -0.25) is 0 Å². The lowest BCUT2D eigenvalue weighted by Gasteiger charge is -2.16. The molecule has 1 aliphatic heterocycles. The zero-order valence-electron chi connectivity index (χ0n) is 8.38. The van der Waals surface area contributed by atoms with Crippen molar-refractivity contribution in [2.75, 3.05) is 7.05 Å². The molecule has 0 spiro atoms. The molecule has 1 aliphatic rings. The summed E-state index contributed by atoms with van der Waals surface area (Å²) < 4.78 is 13.0. The maximum absolute atomic E-state index is 13.0. The van der Waals surface area contributed by atoms with Crippen molar-refractivity contribution in [3.05, 3.63) is 29.6 Å². The van der Waals surface area contributed by atoms with Gasteiger partial charge in [-0.1, -0.05) is 13.0 Å². The third kappa shape index (κ3) is 1.55. The Morgan fingerprint density at radius 2 is 2.29 bits per heavy atom. The van der Waals surface area contributed by atoms with Crippen LogP contribution in [0, 0.1) is 5.82 Å². The topological polar surface area (TPSA) is 12.0 Å². The van der Waals surface area contributed by atoms with Crippen LogP contribution in [0.5, 0.6) is 0 Å². The zero-order valence-corrected chi connectivity index (χ0v) is 9.20.